The fraction of sp³-hybridized carbons (Fsp3) is 0.289. The summed E-state index contributed by atoms with van der Waals surface area (Å²) in [7, 11) is 0. The van der Waals surface area contributed by atoms with Crippen LogP contribution in [0.25, 0.3) is 11.1 Å². The number of ether oxygens (including phenoxy) is 3. The van der Waals surface area contributed by atoms with Gasteiger partial charge in [-0.2, -0.15) is 5.26 Å². The lowest BCUT2D eigenvalue weighted by Crippen LogP contribution is -2.46. The van der Waals surface area contributed by atoms with Crippen LogP contribution in [-0.4, -0.2) is 29.8 Å². The van der Waals surface area contributed by atoms with Gasteiger partial charge in [-0.05, 0) is 79.6 Å². The Morgan fingerprint density at radius 1 is 0.911 bits per heavy atom. The highest BCUT2D eigenvalue weighted by atomic mass is 16.6. The van der Waals surface area contributed by atoms with Crippen LogP contribution in [0.1, 0.15) is 49.4 Å². The van der Waals surface area contributed by atoms with Gasteiger partial charge in [0.05, 0.1) is 23.6 Å². The van der Waals surface area contributed by atoms with E-state index in [1.54, 1.807) is 6.07 Å². The number of nitrogens with one attached hydrogen (secondary N) is 1. The SMILES string of the molecule is CC(C)(C)OC(=O)N[C@@H](Cc1ccc(OCc2ccccc2)cc1)[C@@H]1C[C@@H](Cc2ccc(-c3ccccc3C#N)cc2)C(=O)O1. The predicted molar refractivity (Wildman–Crippen MR) is 172 cm³/mol. The number of cyclic esters (lactones) is 1. The second-order valence-corrected chi connectivity index (χ2v) is 12.3. The first-order chi connectivity index (χ1) is 21.7. The van der Waals surface area contributed by atoms with Gasteiger partial charge in [0.15, 0.2) is 0 Å². The van der Waals surface area contributed by atoms with Crippen molar-refractivity contribution in [3.63, 3.8) is 0 Å². The van der Waals surface area contributed by atoms with E-state index in [1.807, 2.05) is 118 Å². The maximum absolute atomic E-state index is 13.0. The van der Waals surface area contributed by atoms with E-state index in [4.69, 9.17) is 14.2 Å². The summed E-state index contributed by atoms with van der Waals surface area (Å²) in [6.45, 7) is 5.90. The second-order valence-electron chi connectivity index (χ2n) is 12.3. The van der Waals surface area contributed by atoms with E-state index in [-0.39, 0.29) is 11.9 Å². The number of carbonyl (C=O) groups is 2. The number of benzene rings is 4. The monoisotopic (exact) mass is 602 g/mol. The fourth-order valence-electron chi connectivity index (χ4n) is 5.47. The van der Waals surface area contributed by atoms with Crippen LogP contribution in [-0.2, 0) is 33.7 Å². The summed E-state index contributed by atoms with van der Waals surface area (Å²) < 4.78 is 17.3. The standard InChI is InChI=1S/C38H38N2O5/c1-38(2,3)45-37(42)40-34(22-27-15-19-32(20-16-27)43-25-28-9-5-4-6-10-28)35-23-31(36(41)44-35)21-26-13-17-29(18-14-26)33-12-8-7-11-30(33)24-39/h4-20,31,34-35H,21-23,25H2,1-3H3,(H,40,42)/t31-,34+,35+/m1/s1. The molecule has 7 heteroatoms. The molecule has 7 nitrogen and oxygen atoms in total. The van der Waals surface area contributed by atoms with Crippen LogP contribution in [0, 0.1) is 17.2 Å². The number of amides is 1. The molecule has 1 saturated heterocycles. The van der Waals surface area contributed by atoms with Gasteiger partial charge in [0.25, 0.3) is 0 Å². The Morgan fingerprint density at radius 3 is 2.27 bits per heavy atom. The highest BCUT2D eigenvalue weighted by Gasteiger charge is 2.40. The minimum Gasteiger partial charge on any atom is -0.489 e. The van der Waals surface area contributed by atoms with Crippen LogP contribution in [0.2, 0.25) is 0 Å². The van der Waals surface area contributed by atoms with Gasteiger partial charge in [-0.15, -0.1) is 0 Å². The lowest BCUT2D eigenvalue weighted by Gasteiger charge is -2.26. The summed E-state index contributed by atoms with van der Waals surface area (Å²) in [6.07, 6.45) is 0.378. The Balaban J connectivity index is 1.25. The third kappa shape index (κ3) is 8.73. The minimum absolute atomic E-state index is 0.278. The smallest absolute Gasteiger partial charge is 0.408 e. The van der Waals surface area contributed by atoms with Crippen LogP contribution in [0.5, 0.6) is 5.75 Å². The van der Waals surface area contributed by atoms with Crippen molar-refractivity contribution in [1.82, 2.24) is 5.32 Å². The Hall–Kier alpha value is -5.09. The van der Waals surface area contributed by atoms with Crippen molar-refractivity contribution in [1.29, 1.82) is 5.26 Å². The summed E-state index contributed by atoms with van der Waals surface area (Å²) in [5, 5.41) is 12.4. The molecule has 5 rings (SSSR count). The number of rotatable bonds is 10. The number of hydrogen-bond acceptors (Lipinski definition) is 6. The summed E-state index contributed by atoms with van der Waals surface area (Å²) in [6, 6.07) is 34.9. The normalized spacial score (nSPS) is 16.7. The third-order valence-corrected chi connectivity index (χ3v) is 7.69. The largest absolute Gasteiger partial charge is 0.489 e. The summed E-state index contributed by atoms with van der Waals surface area (Å²) in [5.41, 5.74) is 4.82. The molecule has 3 atom stereocenters. The van der Waals surface area contributed by atoms with Crippen molar-refractivity contribution in [3.8, 4) is 22.9 Å². The lowest BCUT2D eigenvalue weighted by atomic mass is 9.91. The number of esters is 1. The molecule has 1 aliphatic heterocycles. The number of carbonyl (C=O) groups excluding carboxylic acids is 2. The highest BCUT2D eigenvalue weighted by molar-refractivity contribution is 5.76. The number of nitriles is 1. The molecule has 1 fully saturated rings. The highest BCUT2D eigenvalue weighted by Crippen LogP contribution is 2.30. The molecule has 230 valence electrons. The van der Waals surface area contributed by atoms with E-state index in [0.717, 1.165) is 33.6 Å². The van der Waals surface area contributed by atoms with Crippen LogP contribution >= 0.6 is 0 Å². The predicted octanol–water partition coefficient (Wildman–Crippen LogP) is 7.41. The van der Waals surface area contributed by atoms with E-state index < -0.39 is 23.8 Å². The molecule has 1 N–H and O–H groups in total. The Kier molecular flexibility index (Phi) is 9.84. The molecule has 0 aliphatic carbocycles. The quantitative estimate of drug-likeness (QED) is 0.190. The minimum atomic E-state index is -0.665. The molecule has 0 radical (unpaired) electrons. The maximum atomic E-state index is 13.0. The third-order valence-electron chi connectivity index (χ3n) is 7.69. The number of nitrogens with zero attached hydrogens (tertiary/aromatic N) is 1. The van der Waals surface area contributed by atoms with Gasteiger partial charge in [-0.25, -0.2) is 4.79 Å². The molecule has 0 bridgehead atoms. The lowest BCUT2D eigenvalue weighted by molar-refractivity contribution is -0.145. The summed E-state index contributed by atoms with van der Waals surface area (Å²) in [5.74, 6) is 0.122. The van der Waals surface area contributed by atoms with E-state index in [9.17, 15) is 14.9 Å². The second kappa shape index (κ2) is 14.1. The van der Waals surface area contributed by atoms with E-state index in [2.05, 4.69) is 11.4 Å². The molecule has 0 spiro atoms. The molecule has 1 amide bonds. The molecular weight excluding hydrogens is 564 g/mol. The van der Waals surface area contributed by atoms with Gasteiger partial charge in [-0.1, -0.05) is 84.9 Å². The summed E-state index contributed by atoms with van der Waals surface area (Å²) in [4.78, 5) is 25.9. The molecule has 1 aliphatic rings. The van der Waals surface area contributed by atoms with Gasteiger partial charge in [0, 0.05) is 6.42 Å². The first kappa shape index (κ1) is 31.3. The van der Waals surface area contributed by atoms with Crippen molar-refractivity contribution in [2.75, 3.05) is 0 Å². The molecule has 0 aromatic heterocycles. The molecule has 1 heterocycles. The number of hydrogen-bond donors (Lipinski definition) is 1. The molecule has 4 aromatic carbocycles. The zero-order valence-electron chi connectivity index (χ0n) is 25.9. The Bertz CT molecular complexity index is 1640. The fourth-order valence-corrected chi connectivity index (χ4v) is 5.47. The molecule has 0 saturated carbocycles. The topological polar surface area (TPSA) is 97.6 Å². The maximum Gasteiger partial charge on any atom is 0.408 e. The molecule has 0 unspecified atom stereocenters. The van der Waals surface area contributed by atoms with Crippen molar-refractivity contribution in [2.45, 2.75) is 64.4 Å². The Morgan fingerprint density at radius 2 is 1.58 bits per heavy atom. The van der Waals surface area contributed by atoms with Gasteiger partial charge in [0.1, 0.15) is 24.1 Å². The molecule has 4 aromatic rings. The molecule has 45 heavy (non-hydrogen) atoms. The van der Waals surface area contributed by atoms with Gasteiger partial charge in [-0.3, -0.25) is 4.79 Å². The van der Waals surface area contributed by atoms with Crippen LogP contribution < -0.4 is 10.1 Å². The van der Waals surface area contributed by atoms with E-state index in [0.29, 0.717) is 31.4 Å². The zero-order valence-corrected chi connectivity index (χ0v) is 25.9. The Labute approximate surface area is 264 Å². The van der Waals surface area contributed by atoms with Crippen LogP contribution in [0.3, 0.4) is 0 Å². The van der Waals surface area contributed by atoms with Crippen molar-refractivity contribution < 1.29 is 23.8 Å². The van der Waals surface area contributed by atoms with E-state index in [1.165, 1.54) is 0 Å². The first-order valence-electron chi connectivity index (χ1n) is 15.2. The summed E-state index contributed by atoms with van der Waals surface area (Å²) >= 11 is 0. The van der Waals surface area contributed by atoms with Gasteiger partial charge in [0.2, 0.25) is 0 Å². The van der Waals surface area contributed by atoms with Crippen LogP contribution in [0.4, 0.5) is 4.79 Å². The molecular formula is C38H38N2O5. The van der Waals surface area contributed by atoms with E-state index >= 15 is 0 Å². The van der Waals surface area contributed by atoms with Gasteiger partial charge >= 0.3 is 12.1 Å². The van der Waals surface area contributed by atoms with Crippen molar-refractivity contribution in [2.24, 2.45) is 5.92 Å². The number of alkyl carbamates (subject to hydrolysis) is 1. The van der Waals surface area contributed by atoms with Crippen molar-refractivity contribution in [3.05, 3.63) is 125 Å². The van der Waals surface area contributed by atoms with Gasteiger partial charge < -0.3 is 19.5 Å². The zero-order chi connectivity index (χ0) is 31.8. The first-order valence-corrected chi connectivity index (χ1v) is 15.2. The van der Waals surface area contributed by atoms with Crippen LogP contribution in [0.15, 0.2) is 103 Å². The van der Waals surface area contributed by atoms with Crippen molar-refractivity contribution >= 4 is 12.1 Å². The average molecular weight is 603 g/mol. The average Bonchev–Trinajstić information content (AvgIpc) is 3.40.